The number of ether oxygens (including phenoxy) is 1. The molecule has 0 unspecified atom stereocenters. The first-order valence-corrected chi connectivity index (χ1v) is 8.27. The van der Waals surface area contributed by atoms with E-state index in [1.165, 1.54) is 0 Å². The zero-order chi connectivity index (χ0) is 17.1. The molecule has 0 bridgehead atoms. The number of aliphatic hydroxyl groups excluding tert-OH is 1. The van der Waals surface area contributed by atoms with Crippen molar-refractivity contribution in [1.29, 1.82) is 0 Å². The lowest BCUT2D eigenvalue weighted by Crippen LogP contribution is -2.41. The Morgan fingerprint density at radius 3 is 2.92 bits per heavy atom. The fourth-order valence-corrected chi connectivity index (χ4v) is 3.09. The molecule has 6 nitrogen and oxygen atoms in total. The van der Waals surface area contributed by atoms with E-state index in [1.54, 1.807) is 23.0 Å². The molecule has 1 fully saturated rings. The maximum Gasteiger partial charge on any atom is 0.251 e. The number of carbonyl (C=O) groups excluding carboxylic acids is 1. The summed E-state index contributed by atoms with van der Waals surface area (Å²) in [5.41, 5.74) is 1.53. The van der Waals surface area contributed by atoms with Gasteiger partial charge in [-0.3, -0.25) is 9.48 Å². The van der Waals surface area contributed by atoms with Crippen LogP contribution in [0.4, 0.5) is 0 Å². The van der Waals surface area contributed by atoms with Gasteiger partial charge in [-0.15, -0.1) is 0 Å². The standard InChI is InChI=1S/C18H23N3O3/c1-3-24-16-6-4-5-12(9-16)18(23)20-17(13-7-15(22)8-13)14-10-19-21(2)11-14/h4-6,9-11,13,15,17,22H,3,7-8H2,1-2H3,(H,20,23)/t13?,15?,17-/m0/s1. The van der Waals surface area contributed by atoms with Gasteiger partial charge in [0.15, 0.2) is 0 Å². The van der Waals surface area contributed by atoms with Gasteiger partial charge in [-0.1, -0.05) is 6.07 Å². The van der Waals surface area contributed by atoms with Gasteiger partial charge < -0.3 is 15.2 Å². The Balaban J connectivity index is 1.77. The molecule has 1 aromatic heterocycles. The van der Waals surface area contributed by atoms with Crippen molar-refractivity contribution in [1.82, 2.24) is 15.1 Å². The maximum absolute atomic E-state index is 12.7. The second-order valence-corrected chi connectivity index (χ2v) is 6.24. The zero-order valence-electron chi connectivity index (χ0n) is 14.0. The van der Waals surface area contributed by atoms with E-state index in [1.807, 2.05) is 32.3 Å². The van der Waals surface area contributed by atoms with Gasteiger partial charge >= 0.3 is 0 Å². The predicted molar refractivity (Wildman–Crippen MR) is 89.8 cm³/mol. The van der Waals surface area contributed by atoms with Crippen LogP contribution in [0, 0.1) is 5.92 Å². The van der Waals surface area contributed by atoms with Crippen LogP contribution in [-0.4, -0.2) is 33.5 Å². The average molecular weight is 329 g/mol. The molecule has 1 aliphatic rings. The quantitative estimate of drug-likeness (QED) is 0.850. The van der Waals surface area contributed by atoms with E-state index in [9.17, 15) is 9.90 Å². The molecule has 3 rings (SSSR count). The Hall–Kier alpha value is -2.34. The summed E-state index contributed by atoms with van der Waals surface area (Å²) in [5, 5.41) is 16.9. The molecule has 6 heteroatoms. The van der Waals surface area contributed by atoms with Crippen molar-refractivity contribution in [3.63, 3.8) is 0 Å². The third kappa shape index (κ3) is 3.59. The SMILES string of the molecule is CCOc1cccc(C(=O)N[C@H](c2cnn(C)c2)C2CC(O)C2)c1. The van der Waals surface area contributed by atoms with Crippen molar-refractivity contribution in [2.45, 2.75) is 31.9 Å². The molecule has 1 aromatic carbocycles. The molecule has 128 valence electrons. The Morgan fingerprint density at radius 1 is 1.50 bits per heavy atom. The number of hydrogen-bond acceptors (Lipinski definition) is 4. The summed E-state index contributed by atoms with van der Waals surface area (Å²) >= 11 is 0. The number of amides is 1. The highest BCUT2D eigenvalue weighted by Crippen LogP contribution is 2.38. The Bertz CT molecular complexity index is 707. The lowest BCUT2D eigenvalue weighted by Gasteiger charge is -2.37. The molecule has 24 heavy (non-hydrogen) atoms. The molecule has 0 saturated heterocycles. The third-order valence-electron chi connectivity index (χ3n) is 4.40. The number of aliphatic hydroxyl groups is 1. The van der Waals surface area contributed by atoms with Crippen molar-refractivity contribution in [2.24, 2.45) is 13.0 Å². The van der Waals surface area contributed by atoms with Gasteiger partial charge in [0.25, 0.3) is 5.91 Å². The molecule has 1 aliphatic carbocycles. The lowest BCUT2D eigenvalue weighted by molar-refractivity contribution is 0.0235. The van der Waals surface area contributed by atoms with Crippen molar-refractivity contribution in [3.05, 3.63) is 47.8 Å². The number of carbonyl (C=O) groups is 1. The molecule has 2 N–H and O–H groups in total. The number of aryl methyl sites for hydroxylation is 1. The number of hydrogen-bond donors (Lipinski definition) is 2. The lowest BCUT2D eigenvalue weighted by atomic mass is 9.75. The normalized spacial score (nSPS) is 21.0. The van der Waals surface area contributed by atoms with E-state index < -0.39 is 0 Å². The smallest absolute Gasteiger partial charge is 0.251 e. The summed E-state index contributed by atoms with van der Waals surface area (Å²) in [6.45, 7) is 2.47. The van der Waals surface area contributed by atoms with Crippen molar-refractivity contribution >= 4 is 5.91 Å². The van der Waals surface area contributed by atoms with E-state index in [4.69, 9.17) is 4.74 Å². The predicted octanol–water partition coefficient (Wildman–Crippen LogP) is 2.06. The molecular weight excluding hydrogens is 306 g/mol. The van der Waals surface area contributed by atoms with E-state index in [0.717, 1.165) is 5.56 Å². The molecule has 0 spiro atoms. The van der Waals surface area contributed by atoms with Crippen LogP contribution in [0.25, 0.3) is 0 Å². The Kier molecular flexibility index (Phi) is 4.85. The van der Waals surface area contributed by atoms with Crippen molar-refractivity contribution in [2.75, 3.05) is 6.61 Å². The molecule has 1 atom stereocenters. The van der Waals surface area contributed by atoms with E-state index in [2.05, 4.69) is 10.4 Å². The number of aromatic nitrogens is 2. The molecule has 2 aromatic rings. The van der Waals surface area contributed by atoms with Gasteiger partial charge in [-0.05, 0) is 43.9 Å². The van der Waals surface area contributed by atoms with Crippen LogP contribution < -0.4 is 10.1 Å². The number of nitrogens with zero attached hydrogens (tertiary/aromatic N) is 2. The van der Waals surface area contributed by atoms with Crippen LogP contribution >= 0.6 is 0 Å². The number of nitrogens with one attached hydrogen (secondary N) is 1. The molecule has 1 saturated carbocycles. The second-order valence-electron chi connectivity index (χ2n) is 6.24. The minimum absolute atomic E-state index is 0.146. The number of rotatable bonds is 6. The Labute approximate surface area is 141 Å². The van der Waals surface area contributed by atoms with Gasteiger partial charge in [0.2, 0.25) is 0 Å². The fraction of sp³-hybridized carbons (Fsp3) is 0.444. The maximum atomic E-state index is 12.7. The summed E-state index contributed by atoms with van der Waals surface area (Å²) in [6, 6.07) is 7.01. The molecule has 0 aliphatic heterocycles. The fourth-order valence-electron chi connectivity index (χ4n) is 3.09. The van der Waals surface area contributed by atoms with Crippen LogP contribution in [0.2, 0.25) is 0 Å². The van der Waals surface area contributed by atoms with Crippen LogP contribution in [0.3, 0.4) is 0 Å². The minimum atomic E-state index is -0.271. The van der Waals surface area contributed by atoms with E-state index in [0.29, 0.717) is 30.8 Å². The van der Waals surface area contributed by atoms with Crippen molar-refractivity contribution in [3.8, 4) is 5.75 Å². The summed E-state index contributed by atoms with van der Waals surface area (Å²) in [6.07, 6.45) is 4.79. The Morgan fingerprint density at radius 2 is 2.29 bits per heavy atom. The van der Waals surface area contributed by atoms with E-state index >= 15 is 0 Å². The van der Waals surface area contributed by atoms with Crippen molar-refractivity contribution < 1.29 is 14.6 Å². The summed E-state index contributed by atoms with van der Waals surface area (Å²) in [7, 11) is 1.85. The summed E-state index contributed by atoms with van der Waals surface area (Å²) < 4.78 is 7.18. The van der Waals surface area contributed by atoms with Crippen LogP contribution in [-0.2, 0) is 7.05 Å². The molecule has 1 amide bonds. The monoisotopic (exact) mass is 329 g/mol. The highest BCUT2D eigenvalue weighted by atomic mass is 16.5. The molecule has 1 heterocycles. The first kappa shape index (κ1) is 16.5. The number of benzene rings is 1. The van der Waals surface area contributed by atoms with Crippen LogP contribution in [0.1, 0.15) is 41.7 Å². The average Bonchev–Trinajstić information content (AvgIpc) is 2.96. The summed E-state index contributed by atoms with van der Waals surface area (Å²) in [4.78, 5) is 12.7. The molecule has 0 radical (unpaired) electrons. The topological polar surface area (TPSA) is 76.4 Å². The second kappa shape index (κ2) is 7.05. The van der Waals surface area contributed by atoms with Gasteiger partial charge in [0.05, 0.1) is 24.9 Å². The van der Waals surface area contributed by atoms with Gasteiger partial charge in [0.1, 0.15) is 5.75 Å². The highest BCUT2D eigenvalue weighted by Gasteiger charge is 2.36. The molecular formula is C18H23N3O3. The third-order valence-corrected chi connectivity index (χ3v) is 4.40. The van der Waals surface area contributed by atoms with E-state index in [-0.39, 0.29) is 24.0 Å². The van der Waals surface area contributed by atoms with Crippen LogP contribution in [0.5, 0.6) is 5.75 Å². The minimum Gasteiger partial charge on any atom is -0.494 e. The van der Waals surface area contributed by atoms with Gasteiger partial charge in [-0.2, -0.15) is 5.10 Å². The first-order chi connectivity index (χ1) is 11.6. The largest absolute Gasteiger partial charge is 0.494 e. The highest BCUT2D eigenvalue weighted by molar-refractivity contribution is 5.94. The van der Waals surface area contributed by atoms with Gasteiger partial charge in [-0.25, -0.2) is 0 Å². The van der Waals surface area contributed by atoms with Crippen LogP contribution in [0.15, 0.2) is 36.7 Å². The first-order valence-electron chi connectivity index (χ1n) is 8.27. The summed E-state index contributed by atoms with van der Waals surface area (Å²) in [5.74, 6) is 0.761. The zero-order valence-corrected chi connectivity index (χ0v) is 14.0. The van der Waals surface area contributed by atoms with Gasteiger partial charge in [0, 0.05) is 24.4 Å².